The van der Waals surface area contributed by atoms with E-state index in [1.807, 2.05) is 60.7 Å². The number of hydrogen-bond donors (Lipinski definition) is 0. The maximum absolute atomic E-state index is 12.9. The van der Waals surface area contributed by atoms with E-state index in [1.165, 1.54) is 7.11 Å². The number of hydrogen-bond acceptors (Lipinski definition) is 5. The molecule has 2 aromatic rings. The highest BCUT2D eigenvalue weighted by Crippen LogP contribution is 2.38. The summed E-state index contributed by atoms with van der Waals surface area (Å²) in [5.74, 6) is -1.15. The van der Waals surface area contributed by atoms with Crippen LogP contribution < -0.4 is 0 Å². The second-order valence-electron chi connectivity index (χ2n) is 6.15. The first-order valence-electron chi connectivity index (χ1n) is 8.77. The van der Waals surface area contributed by atoms with Crippen molar-refractivity contribution in [3.05, 3.63) is 77.4 Å². The second-order valence-corrected chi connectivity index (χ2v) is 6.15. The lowest BCUT2D eigenvalue weighted by molar-refractivity contribution is -0.149. The molecule has 0 saturated heterocycles. The highest BCUT2D eigenvalue weighted by molar-refractivity contribution is 6.25. The number of esters is 2. The highest BCUT2D eigenvalue weighted by Gasteiger charge is 2.51. The highest BCUT2D eigenvalue weighted by atomic mass is 16.5. The predicted octanol–water partition coefficient (Wildman–Crippen LogP) is 3.24. The molecule has 0 spiro atoms. The summed E-state index contributed by atoms with van der Waals surface area (Å²) in [4.78, 5) is 30.2. The van der Waals surface area contributed by atoms with E-state index >= 15 is 0 Å². The van der Waals surface area contributed by atoms with Crippen molar-refractivity contribution in [3.63, 3.8) is 0 Å². The van der Waals surface area contributed by atoms with Gasteiger partial charge < -0.3 is 9.47 Å². The van der Waals surface area contributed by atoms with Gasteiger partial charge in [0.1, 0.15) is 0 Å². The Kier molecular flexibility index (Phi) is 5.50. The van der Waals surface area contributed by atoms with Crippen molar-refractivity contribution < 1.29 is 19.1 Å². The average Bonchev–Trinajstić information content (AvgIpc) is 3.09. The van der Waals surface area contributed by atoms with E-state index in [4.69, 9.17) is 9.47 Å². The summed E-state index contributed by atoms with van der Waals surface area (Å²) in [6.07, 6.45) is 1.78. The molecule has 0 aromatic heterocycles. The van der Waals surface area contributed by atoms with Crippen molar-refractivity contribution in [2.75, 3.05) is 13.7 Å². The third kappa shape index (κ3) is 3.53. The van der Waals surface area contributed by atoms with Crippen molar-refractivity contribution in [1.82, 2.24) is 0 Å². The molecule has 0 radical (unpaired) electrons. The summed E-state index contributed by atoms with van der Waals surface area (Å²) < 4.78 is 10.3. The number of aliphatic imine (C=N–C) groups is 1. The fourth-order valence-corrected chi connectivity index (χ4v) is 3.27. The quantitative estimate of drug-likeness (QED) is 0.739. The minimum atomic E-state index is -1.46. The lowest BCUT2D eigenvalue weighted by Gasteiger charge is -2.26. The first kappa shape index (κ1) is 18.6. The van der Waals surface area contributed by atoms with Gasteiger partial charge in [0.2, 0.25) is 0 Å². The Bertz CT molecular complexity index is 887. The smallest absolute Gasteiger partial charge is 0.339 e. The maximum atomic E-state index is 12.9. The molecular formula is C22H21NO4. The molecule has 3 rings (SSSR count). The third-order valence-corrected chi connectivity index (χ3v) is 4.49. The second kappa shape index (κ2) is 7.99. The van der Waals surface area contributed by atoms with Gasteiger partial charge in [-0.25, -0.2) is 9.59 Å². The van der Waals surface area contributed by atoms with Crippen molar-refractivity contribution >= 4 is 23.7 Å². The third-order valence-electron chi connectivity index (χ3n) is 4.49. The Morgan fingerprint density at radius 3 is 2.22 bits per heavy atom. The van der Waals surface area contributed by atoms with Gasteiger partial charge in [-0.15, -0.1) is 0 Å². The number of ether oxygens (including phenoxy) is 2. The monoisotopic (exact) mass is 363 g/mol. The molecule has 0 aliphatic carbocycles. The van der Waals surface area contributed by atoms with Gasteiger partial charge >= 0.3 is 11.9 Å². The van der Waals surface area contributed by atoms with Gasteiger partial charge in [0.15, 0.2) is 5.54 Å². The SMILES string of the molecule is CCOC(=O)C1=C(c2ccccc2)C=NC1(Cc1ccccc1)C(=O)OC. The Hall–Kier alpha value is -3.21. The van der Waals surface area contributed by atoms with Crippen LogP contribution in [0.3, 0.4) is 0 Å². The molecule has 138 valence electrons. The van der Waals surface area contributed by atoms with Crippen LogP contribution in [0.1, 0.15) is 18.1 Å². The minimum Gasteiger partial charge on any atom is -0.467 e. The number of carbonyl (C=O) groups excluding carboxylic acids is 2. The standard InChI is InChI=1S/C22H21NO4/c1-3-27-20(24)19-18(17-12-8-5-9-13-17)15-23-22(19,21(25)26-2)14-16-10-6-4-7-11-16/h4-13,15H,3,14H2,1-2H3. The molecule has 5 heteroatoms. The van der Waals surface area contributed by atoms with E-state index in [0.29, 0.717) is 5.57 Å². The van der Waals surface area contributed by atoms with Crippen LogP contribution in [0.4, 0.5) is 0 Å². The van der Waals surface area contributed by atoms with Crippen LogP contribution in [0.15, 0.2) is 71.2 Å². The van der Waals surface area contributed by atoms with E-state index in [-0.39, 0.29) is 18.6 Å². The molecule has 2 aromatic carbocycles. The summed E-state index contributed by atoms with van der Waals surface area (Å²) in [7, 11) is 1.30. The number of allylic oxidation sites excluding steroid dienone is 1. The van der Waals surface area contributed by atoms with Gasteiger partial charge in [-0.05, 0) is 18.1 Å². The number of rotatable bonds is 6. The van der Waals surface area contributed by atoms with Gasteiger partial charge in [0.25, 0.3) is 0 Å². The van der Waals surface area contributed by atoms with E-state index in [1.54, 1.807) is 13.1 Å². The summed E-state index contributed by atoms with van der Waals surface area (Å²) in [6.45, 7) is 1.93. The van der Waals surface area contributed by atoms with Crippen molar-refractivity contribution in [2.24, 2.45) is 4.99 Å². The van der Waals surface area contributed by atoms with Crippen molar-refractivity contribution in [3.8, 4) is 0 Å². The molecule has 1 aliphatic rings. The van der Waals surface area contributed by atoms with E-state index in [0.717, 1.165) is 11.1 Å². The van der Waals surface area contributed by atoms with Crippen molar-refractivity contribution in [1.29, 1.82) is 0 Å². The zero-order valence-corrected chi connectivity index (χ0v) is 15.3. The topological polar surface area (TPSA) is 65.0 Å². The van der Waals surface area contributed by atoms with Crippen LogP contribution in [0.25, 0.3) is 5.57 Å². The van der Waals surface area contributed by atoms with Crippen LogP contribution in [0, 0.1) is 0 Å². The molecule has 27 heavy (non-hydrogen) atoms. The van der Waals surface area contributed by atoms with Crippen LogP contribution in [0.2, 0.25) is 0 Å². The molecule has 0 bridgehead atoms. The number of nitrogens with zero attached hydrogens (tertiary/aromatic N) is 1. The van der Waals surface area contributed by atoms with Gasteiger partial charge in [-0.2, -0.15) is 0 Å². The van der Waals surface area contributed by atoms with Crippen LogP contribution in [-0.4, -0.2) is 37.4 Å². The van der Waals surface area contributed by atoms with E-state index in [9.17, 15) is 9.59 Å². The zero-order chi connectivity index (χ0) is 19.3. The van der Waals surface area contributed by atoms with Crippen LogP contribution >= 0.6 is 0 Å². The van der Waals surface area contributed by atoms with E-state index < -0.39 is 17.5 Å². The molecule has 0 amide bonds. The molecule has 1 aliphatic heterocycles. The first-order valence-corrected chi connectivity index (χ1v) is 8.77. The Balaban J connectivity index is 2.19. The maximum Gasteiger partial charge on any atom is 0.339 e. The molecule has 1 unspecified atom stereocenters. The van der Waals surface area contributed by atoms with Gasteiger partial charge in [0, 0.05) is 18.2 Å². The van der Waals surface area contributed by atoms with Crippen molar-refractivity contribution in [2.45, 2.75) is 18.9 Å². The Labute approximate surface area is 158 Å². The average molecular weight is 363 g/mol. The number of methoxy groups -OCH3 is 1. The molecule has 5 nitrogen and oxygen atoms in total. The van der Waals surface area contributed by atoms with Crippen LogP contribution in [0.5, 0.6) is 0 Å². The molecule has 1 atom stereocenters. The zero-order valence-electron chi connectivity index (χ0n) is 15.3. The molecular weight excluding hydrogens is 342 g/mol. The van der Waals surface area contributed by atoms with Gasteiger partial charge in [-0.1, -0.05) is 60.7 Å². The van der Waals surface area contributed by atoms with Crippen LogP contribution in [-0.2, 0) is 25.5 Å². The molecule has 0 fully saturated rings. The number of benzene rings is 2. The fraction of sp³-hybridized carbons (Fsp3) is 0.227. The fourth-order valence-electron chi connectivity index (χ4n) is 3.27. The summed E-state index contributed by atoms with van der Waals surface area (Å²) in [5.41, 5.74) is 0.994. The largest absolute Gasteiger partial charge is 0.467 e. The van der Waals surface area contributed by atoms with Gasteiger partial charge in [0.05, 0.1) is 19.3 Å². The summed E-state index contributed by atoms with van der Waals surface area (Å²) in [5, 5.41) is 0. The van der Waals surface area contributed by atoms with E-state index in [2.05, 4.69) is 4.99 Å². The molecule has 0 N–H and O–H groups in total. The minimum absolute atomic E-state index is 0.201. The molecule has 0 saturated carbocycles. The normalized spacial score (nSPS) is 18.4. The predicted molar refractivity (Wildman–Crippen MR) is 103 cm³/mol. The lowest BCUT2D eigenvalue weighted by atomic mass is 9.82. The first-order chi connectivity index (χ1) is 13.1. The Morgan fingerprint density at radius 1 is 1.00 bits per heavy atom. The lowest BCUT2D eigenvalue weighted by Crippen LogP contribution is -2.43. The summed E-state index contributed by atoms with van der Waals surface area (Å²) >= 11 is 0. The Morgan fingerprint density at radius 2 is 1.63 bits per heavy atom. The number of carbonyl (C=O) groups is 2. The molecule has 1 heterocycles. The summed E-state index contributed by atoms with van der Waals surface area (Å²) in [6, 6.07) is 18.8. The van der Waals surface area contributed by atoms with Gasteiger partial charge in [-0.3, -0.25) is 4.99 Å².